The van der Waals surface area contributed by atoms with Crippen LogP contribution in [0, 0.1) is 3.57 Å². The molecular weight excluding hydrogens is 395 g/mol. The summed E-state index contributed by atoms with van der Waals surface area (Å²) < 4.78 is 1.17. The number of anilines is 1. The molecule has 2 aromatic carbocycles. The van der Waals surface area contributed by atoms with E-state index in [1.54, 1.807) is 0 Å². The predicted octanol–water partition coefficient (Wildman–Crippen LogP) is 4.48. The molecule has 0 saturated carbocycles. The van der Waals surface area contributed by atoms with Gasteiger partial charge in [-0.25, -0.2) is 0 Å². The van der Waals surface area contributed by atoms with Crippen molar-refractivity contribution < 1.29 is 0 Å². The lowest BCUT2D eigenvalue weighted by Crippen LogP contribution is -2.51. The van der Waals surface area contributed by atoms with Crippen LogP contribution in [0.5, 0.6) is 0 Å². The van der Waals surface area contributed by atoms with Gasteiger partial charge in [-0.15, -0.1) is 0 Å². The van der Waals surface area contributed by atoms with Crippen LogP contribution in [0.1, 0.15) is 18.5 Å². The topological polar surface area (TPSA) is 15.3 Å². The molecular formula is C17H18ClIN2. The van der Waals surface area contributed by atoms with Crippen LogP contribution in [0.2, 0.25) is 5.02 Å². The van der Waals surface area contributed by atoms with Crippen LogP contribution in [0.25, 0.3) is 0 Å². The molecule has 3 rings (SSSR count). The highest BCUT2D eigenvalue weighted by atomic mass is 127. The number of halogens is 2. The lowest BCUT2D eigenvalue weighted by atomic mass is 10.0. The van der Waals surface area contributed by atoms with E-state index in [1.165, 1.54) is 9.13 Å². The summed E-state index contributed by atoms with van der Waals surface area (Å²) in [6, 6.07) is 17.7. The third-order valence-electron chi connectivity index (χ3n) is 3.91. The average Bonchev–Trinajstić information content (AvgIpc) is 2.48. The summed E-state index contributed by atoms with van der Waals surface area (Å²) in [7, 11) is 0. The molecule has 2 aromatic rings. The Balaban J connectivity index is 1.98. The second-order valence-corrected chi connectivity index (χ2v) is 7.14. The van der Waals surface area contributed by atoms with Crippen LogP contribution in [0.3, 0.4) is 0 Å². The molecule has 0 spiro atoms. The lowest BCUT2D eigenvalue weighted by molar-refractivity contribution is 0.416. The predicted molar refractivity (Wildman–Crippen MR) is 98.2 cm³/mol. The number of piperazine rings is 1. The van der Waals surface area contributed by atoms with Gasteiger partial charge in [0.25, 0.3) is 0 Å². The number of benzene rings is 2. The van der Waals surface area contributed by atoms with Crippen molar-refractivity contribution in [2.24, 2.45) is 0 Å². The summed E-state index contributed by atoms with van der Waals surface area (Å²) in [6.07, 6.45) is 0. The summed E-state index contributed by atoms with van der Waals surface area (Å²) in [5.41, 5.74) is 2.45. The zero-order valence-corrected chi connectivity index (χ0v) is 14.8. The summed E-state index contributed by atoms with van der Waals surface area (Å²) in [6.45, 7) is 4.11. The normalized spacial score (nSPS) is 22.3. The Hall–Kier alpha value is -0.780. The molecule has 4 heteroatoms. The molecule has 2 nitrogen and oxygen atoms in total. The summed E-state index contributed by atoms with van der Waals surface area (Å²) in [5, 5.41) is 4.41. The van der Waals surface area contributed by atoms with Gasteiger partial charge in [-0.1, -0.05) is 41.9 Å². The largest absolute Gasteiger partial charge is 0.360 e. The SMILES string of the molecule is CC1CN(c2ccc(I)cc2Cl)C(c2ccccc2)CN1. The number of hydrogen-bond donors (Lipinski definition) is 1. The molecule has 1 heterocycles. The van der Waals surface area contributed by atoms with Gasteiger partial charge >= 0.3 is 0 Å². The minimum Gasteiger partial charge on any atom is -0.360 e. The van der Waals surface area contributed by atoms with Gasteiger partial charge in [-0.05, 0) is 53.3 Å². The molecule has 0 aromatic heterocycles. The van der Waals surface area contributed by atoms with Crippen molar-refractivity contribution >= 4 is 39.9 Å². The molecule has 2 atom stereocenters. The van der Waals surface area contributed by atoms with Crippen LogP contribution >= 0.6 is 34.2 Å². The Kier molecular flexibility index (Phi) is 4.72. The van der Waals surface area contributed by atoms with Crippen molar-refractivity contribution in [3.05, 3.63) is 62.7 Å². The van der Waals surface area contributed by atoms with E-state index in [0.717, 1.165) is 23.8 Å². The molecule has 0 aliphatic carbocycles. The smallest absolute Gasteiger partial charge is 0.0668 e. The molecule has 0 bridgehead atoms. The number of nitrogens with zero attached hydrogens (tertiary/aromatic N) is 1. The maximum Gasteiger partial charge on any atom is 0.0668 e. The lowest BCUT2D eigenvalue weighted by Gasteiger charge is -2.41. The standard InChI is InChI=1S/C17H18ClIN2/c1-12-11-21(16-8-7-14(19)9-15(16)18)17(10-20-12)13-5-3-2-4-6-13/h2-9,12,17,20H,10-11H2,1H3. The van der Waals surface area contributed by atoms with Crippen molar-refractivity contribution in [2.45, 2.75) is 19.0 Å². The van der Waals surface area contributed by atoms with Crippen LogP contribution in [-0.2, 0) is 0 Å². The molecule has 0 radical (unpaired) electrons. The van der Waals surface area contributed by atoms with E-state index >= 15 is 0 Å². The molecule has 110 valence electrons. The summed E-state index contributed by atoms with van der Waals surface area (Å²) in [4.78, 5) is 2.43. The maximum absolute atomic E-state index is 6.50. The van der Waals surface area contributed by atoms with Crippen molar-refractivity contribution in [3.8, 4) is 0 Å². The molecule has 1 saturated heterocycles. The highest BCUT2D eigenvalue weighted by molar-refractivity contribution is 14.1. The number of hydrogen-bond acceptors (Lipinski definition) is 2. The molecule has 2 unspecified atom stereocenters. The van der Waals surface area contributed by atoms with E-state index in [2.05, 4.69) is 82.2 Å². The Morgan fingerprint density at radius 1 is 1.19 bits per heavy atom. The van der Waals surface area contributed by atoms with Crippen LogP contribution < -0.4 is 10.2 Å². The second-order valence-electron chi connectivity index (χ2n) is 5.48. The Bertz CT molecular complexity index is 617. The maximum atomic E-state index is 6.50. The fourth-order valence-electron chi connectivity index (χ4n) is 2.86. The first-order chi connectivity index (χ1) is 10.1. The van der Waals surface area contributed by atoms with E-state index < -0.39 is 0 Å². The number of nitrogens with one attached hydrogen (secondary N) is 1. The molecule has 21 heavy (non-hydrogen) atoms. The fraction of sp³-hybridized carbons (Fsp3) is 0.294. The molecule has 1 fully saturated rings. The third-order valence-corrected chi connectivity index (χ3v) is 4.88. The molecule has 1 aliphatic rings. The first-order valence-corrected chi connectivity index (χ1v) is 8.61. The highest BCUT2D eigenvalue weighted by Gasteiger charge is 2.28. The number of rotatable bonds is 2. The van der Waals surface area contributed by atoms with Gasteiger partial charge in [0, 0.05) is 22.7 Å². The van der Waals surface area contributed by atoms with E-state index in [1.807, 2.05) is 6.07 Å². The Morgan fingerprint density at radius 3 is 2.67 bits per heavy atom. The second kappa shape index (κ2) is 6.55. The first-order valence-electron chi connectivity index (χ1n) is 7.15. The van der Waals surface area contributed by atoms with Gasteiger partial charge in [0.05, 0.1) is 16.8 Å². The minimum atomic E-state index is 0.319. The van der Waals surface area contributed by atoms with Gasteiger partial charge < -0.3 is 10.2 Å². The first kappa shape index (κ1) is 15.1. The fourth-order valence-corrected chi connectivity index (χ4v) is 3.83. The van der Waals surface area contributed by atoms with E-state index in [9.17, 15) is 0 Å². The van der Waals surface area contributed by atoms with Crippen molar-refractivity contribution in [1.82, 2.24) is 5.32 Å². The third kappa shape index (κ3) is 3.35. The zero-order chi connectivity index (χ0) is 14.8. The monoisotopic (exact) mass is 412 g/mol. The van der Waals surface area contributed by atoms with Crippen LogP contribution in [0.15, 0.2) is 48.5 Å². The quantitative estimate of drug-likeness (QED) is 0.732. The van der Waals surface area contributed by atoms with Crippen LogP contribution in [0.4, 0.5) is 5.69 Å². The van der Waals surface area contributed by atoms with E-state index in [4.69, 9.17) is 11.6 Å². The van der Waals surface area contributed by atoms with Gasteiger partial charge in [0.15, 0.2) is 0 Å². The van der Waals surface area contributed by atoms with Gasteiger partial charge in [0.2, 0.25) is 0 Å². The van der Waals surface area contributed by atoms with Crippen LogP contribution in [-0.4, -0.2) is 19.1 Å². The van der Waals surface area contributed by atoms with Crippen molar-refractivity contribution in [3.63, 3.8) is 0 Å². The Labute approximate surface area is 144 Å². The Morgan fingerprint density at radius 2 is 1.95 bits per heavy atom. The van der Waals surface area contributed by atoms with Crippen molar-refractivity contribution in [2.75, 3.05) is 18.0 Å². The molecule has 1 N–H and O–H groups in total. The molecule has 1 aliphatic heterocycles. The average molecular weight is 413 g/mol. The zero-order valence-electron chi connectivity index (χ0n) is 11.9. The minimum absolute atomic E-state index is 0.319. The highest BCUT2D eigenvalue weighted by Crippen LogP contribution is 2.35. The van der Waals surface area contributed by atoms with Gasteiger partial charge in [-0.3, -0.25) is 0 Å². The van der Waals surface area contributed by atoms with E-state index in [-0.39, 0.29) is 0 Å². The molecule has 0 amide bonds. The van der Waals surface area contributed by atoms with Gasteiger partial charge in [-0.2, -0.15) is 0 Å². The van der Waals surface area contributed by atoms with Crippen molar-refractivity contribution in [1.29, 1.82) is 0 Å². The van der Waals surface area contributed by atoms with Gasteiger partial charge in [0.1, 0.15) is 0 Å². The summed E-state index contributed by atoms with van der Waals surface area (Å²) in [5.74, 6) is 0. The van der Waals surface area contributed by atoms with E-state index in [0.29, 0.717) is 12.1 Å². The summed E-state index contributed by atoms with van der Waals surface area (Å²) >= 11 is 8.80.